The van der Waals surface area contributed by atoms with Crippen LogP contribution in [-0.4, -0.2) is 20.9 Å². The van der Waals surface area contributed by atoms with Gasteiger partial charge in [-0.1, -0.05) is 127 Å². The average Bonchev–Trinajstić information content (AvgIpc) is 2.55. The van der Waals surface area contributed by atoms with E-state index in [1.165, 1.54) is 0 Å². The molecule has 2 rings (SSSR count). The van der Waals surface area contributed by atoms with E-state index in [4.69, 9.17) is 9.47 Å². The lowest BCUT2D eigenvalue weighted by atomic mass is 10.0. The fourth-order valence-corrected chi connectivity index (χ4v) is 6.87. The molecule has 0 radical (unpaired) electrons. The predicted octanol–water partition coefficient (Wildman–Crippen LogP) is 9.12. The van der Waals surface area contributed by atoms with Crippen LogP contribution >= 0.6 is 127 Å². The first-order valence-electron chi connectivity index (χ1n) is 7.07. The molecule has 4 unspecified atom stereocenters. The molecule has 0 bridgehead atoms. The highest BCUT2D eigenvalue weighted by Crippen LogP contribution is 2.50. The summed E-state index contributed by atoms with van der Waals surface area (Å²) in [5.41, 5.74) is 0. The van der Waals surface area contributed by atoms with Crippen LogP contribution in [0.3, 0.4) is 0 Å². The number of ether oxygens (including phenoxy) is 2. The lowest BCUT2D eigenvalue weighted by Crippen LogP contribution is -2.29. The van der Waals surface area contributed by atoms with Gasteiger partial charge < -0.3 is 9.47 Å². The smallest absolute Gasteiger partial charge is 0.273 e. The van der Waals surface area contributed by atoms with Crippen molar-refractivity contribution in [2.75, 3.05) is 0 Å². The summed E-state index contributed by atoms with van der Waals surface area (Å²) in [4.78, 5) is 0. The van der Waals surface area contributed by atoms with Crippen LogP contribution in [0.4, 0.5) is 0 Å². The Morgan fingerprint density at radius 2 is 1.12 bits per heavy atom. The number of hydrogen-bond donors (Lipinski definition) is 0. The number of allylic oxidation sites excluding steroid dienone is 4. The molecule has 2 aliphatic rings. The van der Waals surface area contributed by atoms with Gasteiger partial charge >= 0.3 is 0 Å². The van der Waals surface area contributed by atoms with E-state index in [1.807, 2.05) is 26.0 Å². The Bertz CT molecular complexity index is 698. The van der Waals surface area contributed by atoms with Crippen molar-refractivity contribution < 1.29 is 9.47 Å². The van der Waals surface area contributed by atoms with Gasteiger partial charge in [-0.15, -0.1) is 0 Å². The summed E-state index contributed by atoms with van der Waals surface area (Å²) in [7, 11) is 0. The second-order valence-electron chi connectivity index (χ2n) is 5.81. The number of hydrogen-bond acceptors (Lipinski definition) is 2. The SMILES string of the molecule is C=C(OC1C=C(Br)C(C)(Br)C(Br)=C1Br)OC1C=C(Br)C(C)(Br)C(Br)=C1Br. The maximum atomic E-state index is 5.92. The van der Waals surface area contributed by atoms with Crippen molar-refractivity contribution in [3.63, 3.8) is 0 Å². The van der Waals surface area contributed by atoms with Gasteiger partial charge in [-0.25, -0.2) is 0 Å². The molecule has 2 aliphatic carbocycles. The minimum atomic E-state index is -0.361. The van der Waals surface area contributed by atoms with Gasteiger partial charge in [-0.2, -0.15) is 0 Å². The summed E-state index contributed by atoms with van der Waals surface area (Å²) in [6.07, 6.45) is 3.17. The monoisotopic (exact) mass is 867 g/mol. The van der Waals surface area contributed by atoms with Crippen LogP contribution in [0.25, 0.3) is 0 Å². The second kappa shape index (κ2) is 9.10. The van der Waals surface area contributed by atoms with Crippen LogP contribution < -0.4 is 0 Å². The van der Waals surface area contributed by atoms with Crippen molar-refractivity contribution in [3.05, 3.63) is 51.6 Å². The molecule has 0 amide bonds. The third-order valence-corrected chi connectivity index (χ3v) is 14.8. The van der Waals surface area contributed by atoms with E-state index in [1.54, 1.807) is 0 Å². The molecule has 0 aromatic heterocycles. The zero-order chi connectivity index (χ0) is 20.0. The molecular weight excluding hydrogens is 863 g/mol. The number of alkyl halides is 2. The molecule has 2 nitrogen and oxygen atoms in total. The Morgan fingerprint density at radius 1 is 0.808 bits per heavy atom. The minimum absolute atomic E-state index is 0.207. The second-order valence-corrected chi connectivity index (χ2v) is 14.0. The van der Waals surface area contributed by atoms with E-state index in [-0.39, 0.29) is 26.8 Å². The van der Waals surface area contributed by atoms with E-state index < -0.39 is 0 Å². The van der Waals surface area contributed by atoms with Crippen molar-refractivity contribution in [1.29, 1.82) is 0 Å². The standard InChI is InChI=1S/C16H12Br8O2/c1-6(25-7-4-9(17)15(2,23)13(21)11(7)19)26-8-5-10(18)16(3,24)14(22)12(8)20/h4-5,7-8H,1H2,2-3H3. The zero-order valence-corrected chi connectivity index (χ0v) is 26.0. The molecule has 0 saturated carbocycles. The van der Waals surface area contributed by atoms with Gasteiger partial charge in [0.05, 0.1) is 17.6 Å². The molecule has 0 heterocycles. The molecule has 0 spiro atoms. The van der Waals surface area contributed by atoms with Crippen LogP contribution in [-0.2, 0) is 9.47 Å². The maximum absolute atomic E-state index is 5.92. The van der Waals surface area contributed by atoms with Crippen molar-refractivity contribution in [2.24, 2.45) is 0 Å². The molecule has 144 valence electrons. The van der Waals surface area contributed by atoms with E-state index in [9.17, 15) is 0 Å². The molecule has 0 aliphatic heterocycles. The van der Waals surface area contributed by atoms with Gasteiger partial charge in [0.2, 0.25) is 0 Å². The summed E-state index contributed by atoms with van der Waals surface area (Å²) >= 11 is 28.9. The Labute approximate surface area is 220 Å². The van der Waals surface area contributed by atoms with Gasteiger partial charge in [0, 0.05) is 17.9 Å². The number of halogens is 8. The Balaban J connectivity index is 2.16. The maximum Gasteiger partial charge on any atom is 0.273 e. The number of rotatable bonds is 4. The van der Waals surface area contributed by atoms with Crippen LogP contribution in [0.2, 0.25) is 0 Å². The molecule has 4 atom stereocenters. The molecule has 10 heteroatoms. The largest absolute Gasteiger partial charge is 0.453 e. The van der Waals surface area contributed by atoms with Crippen LogP contribution in [0.15, 0.2) is 51.6 Å². The first kappa shape index (κ1) is 24.4. The Kier molecular flexibility index (Phi) is 8.54. The van der Waals surface area contributed by atoms with E-state index >= 15 is 0 Å². The Morgan fingerprint density at radius 3 is 1.42 bits per heavy atom. The van der Waals surface area contributed by atoms with Gasteiger partial charge in [-0.05, 0) is 32.6 Å². The van der Waals surface area contributed by atoms with Crippen LogP contribution in [0, 0.1) is 0 Å². The zero-order valence-electron chi connectivity index (χ0n) is 13.4. The van der Waals surface area contributed by atoms with Crippen molar-refractivity contribution in [2.45, 2.75) is 34.7 Å². The third kappa shape index (κ3) is 4.89. The first-order chi connectivity index (χ1) is 11.8. The molecule has 0 aromatic rings. The van der Waals surface area contributed by atoms with Crippen LogP contribution in [0.1, 0.15) is 13.8 Å². The summed E-state index contributed by atoms with van der Waals surface area (Å²) in [5.74, 6) is 0.207. The highest BCUT2D eigenvalue weighted by atomic mass is 79.9. The normalized spacial score (nSPS) is 35.2. The fraction of sp³-hybridized carbons (Fsp3) is 0.375. The summed E-state index contributed by atoms with van der Waals surface area (Å²) < 4.78 is 16.6. The molecular formula is C16H12Br8O2. The first-order valence-corrected chi connectivity index (χ1v) is 13.4. The molecule has 0 aromatic carbocycles. The minimum Gasteiger partial charge on any atom is -0.453 e. The van der Waals surface area contributed by atoms with Crippen LogP contribution in [0.5, 0.6) is 0 Å². The van der Waals surface area contributed by atoms with E-state index in [2.05, 4.69) is 134 Å². The molecule has 0 saturated heterocycles. The van der Waals surface area contributed by atoms with Gasteiger partial charge in [0.15, 0.2) is 12.2 Å². The third-order valence-electron chi connectivity index (χ3n) is 3.75. The lowest BCUT2D eigenvalue weighted by molar-refractivity contribution is 0.0143. The van der Waals surface area contributed by atoms with Crippen molar-refractivity contribution in [1.82, 2.24) is 0 Å². The molecule has 26 heavy (non-hydrogen) atoms. The van der Waals surface area contributed by atoms with E-state index in [0.717, 1.165) is 26.9 Å². The molecule has 0 N–H and O–H groups in total. The summed E-state index contributed by atoms with van der Waals surface area (Å²) in [6, 6.07) is 0. The van der Waals surface area contributed by atoms with Crippen molar-refractivity contribution >= 4 is 127 Å². The summed E-state index contributed by atoms with van der Waals surface area (Å²) in [6.45, 7) is 7.97. The van der Waals surface area contributed by atoms with Gasteiger partial charge in [0.25, 0.3) is 5.95 Å². The predicted molar refractivity (Wildman–Crippen MR) is 137 cm³/mol. The fourth-order valence-electron chi connectivity index (χ4n) is 2.12. The van der Waals surface area contributed by atoms with Crippen molar-refractivity contribution in [3.8, 4) is 0 Å². The Hall–Kier alpha value is 2.14. The average molecular weight is 876 g/mol. The highest BCUT2D eigenvalue weighted by Gasteiger charge is 2.39. The van der Waals surface area contributed by atoms with E-state index in [0.29, 0.717) is 0 Å². The quantitative estimate of drug-likeness (QED) is 0.208. The lowest BCUT2D eigenvalue weighted by Gasteiger charge is -2.33. The summed E-state index contributed by atoms with van der Waals surface area (Å²) in [5, 5.41) is 0. The molecule has 0 fully saturated rings. The highest BCUT2D eigenvalue weighted by molar-refractivity contribution is 9.17. The van der Waals surface area contributed by atoms with Gasteiger partial charge in [-0.3, -0.25) is 0 Å². The van der Waals surface area contributed by atoms with Gasteiger partial charge in [0.1, 0.15) is 0 Å². The topological polar surface area (TPSA) is 18.5 Å².